The second kappa shape index (κ2) is 7.82. The molecule has 1 aromatic heterocycles. The highest BCUT2D eigenvalue weighted by Gasteiger charge is 2.41. The molecule has 0 aliphatic rings. The predicted octanol–water partition coefficient (Wildman–Crippen LogP) is 5.60. The van der Waals surface area contributed by atoms with Crippen LogP contribution >= 0.6 is 23.2 Å². The van der Waals surface area contributed by atoms with Gasteiger partial charge in [0.2, 0.25) is 0 Å². The van der Waals surface area contributed by atoms with E-state index in [1.54, 1.807) is 0 Å². The molecule has 0 saturated carbocycles. The number of hydrogen-bond donors (Lipinski definition) is 1. The first-order valence-electron chi connectivity index (χ1n) is 8.06. The van der Waals surface area contributed by atoms with Crippen LogP contribution in [0.1, 0.15) is 28.6 Å². The second-order valence-electron chi connectivity index (χ2n) is 6.35. The van der Waals surface area contributed by atoms with E-state index in [0.29, 0.717) is 6.26 Å². The minimum absolute atomic E-state index is 0.173. The van der Waals surface area contributed by atoms with Crippen molar-refractivity contribution in [2.24, 2.45) is 0 Å². The van der Waals surface area contributed by atoms with Crippen molar-refractivity contribution in [2.75, 3.05) is 6.26 Å². The van der Waals surface area contributed by atoms with Crippen molar-refractivity contribution in [3.8, 4) is 0 Å². The fourth-order valence-corrected chi connectivity index (χ4v) is 4.04. The third-order valence-electron chi connectivity index (χ3n) is 4.15. The van der Waals surface area contributed by atoms with Gasteiger partial charge in [0.15, 0.2) is 20.6 Å². The highest BCUT2D eigenvalue weighted by Crippen LogP contribution is 2.38. The van der Waals surface area contributed by atoms with Crippen LogP contribution in [0.15, 0.2) is 41.4 Å². The summed E-state index contributed by atoms with van der Waals surface area (Å²) in [6.45, 7) is 0. The molecule has 0 radical (unpaired) electrons. The average molecular weight is 485 g/mol. The molecule has 0 unspecified atom stereocenters. The van der Waals surface area contributed by atoms with Gasteiger partial charge in [0.25, 0.3) is 0 Å². The fraction of sp³-hybridized carbons (Fsp3) is 0.167. The molecule has 0 fully saturated rings. The molecule has 1 heterocycles. The zero-order valence-electron chi connectivity index (χ0n) is 14.9. The molecule has 0 aliphatic heterocycles. The number of alkyl halides is 3. The SMILES string of the molecule is CS(=O)(=O)c1nc(C(c2ccc(F)c(Cl)c2)c2ccc(F)c(Cl)c2)[nH]c1C(F)(F)F. The molecule has 0 amide bonds. The van der Waals surface area contributed by atoms with Crippen LogP contribution in [0.4, 0.5) is 22.0 Å². The van der Waals surface area contributed by atoms with Gasteiger partial charge in [-0.3, -0.25) is 0 Å². The number of nitrogens with one attached hydrogen (secondary N) is 1. The van der Waals surface area contributed by atoms with Crippen molar-refractivity contribution < 1.29 is 30.4 Å². The Bertz CT molecular complexity index is 1170. The van der Waals surface area contributed by atoms with E-state index in [0.717, 1.165) is 24.3 Å². The quantitative estimate of drug-likeness (QED) is 0.490. The molecule has 12 heteroatoms. The Morgan fingerprint density at radius 2 is 1.43 bits per heavy atom. The zero-order valence-corrected chi connectivity index (χ0v) is 17.2. The van der Waals surface area contributed by atoms with Crippen LogP contribution in [-0.4, -0.2) is 24.6 Å². The van der Waals surface area contributed by atoms with Crippen molar-refractivity contribution in [3.63, 3.8) is 0 Å². The van der Waals surface area contributed by atoms with Crippen molar-refractivity contribution in [1.29, 1.82) is 0 Å². The molecule has 3 rings (SSSR count). The maximum Gasteiger partial charge on any atom is 0.434 e. The van der Waals surface area contributed by atoms with Gasteiger partial charge in [-0.2, -0.15) is 13.2 Å². The Morgan fingerprint density at radius 1 is 0.967 bits per heavy atom. The van der Waals surface area contributed by atoms with Gasteiger partial charge in [0.1, 0.15) is 17.5 Å². The average Bonchev–Trinajstić information content (AvgIpc) is 3.07. The number of H-pyrrole nitrogens is 1. The van der Waals surface area contributed by atoms with E-state index in [4.69, 9.17) is 23.2 Å². The van der Waals surface area contributed by atoms with Gasteiger partial charge in [-0.15, -0.1) is 0 Å². The Balaban J connectivity index is 2.31. The number of hydrogen-bond acceptors (Lipinski definition) is 3. The van der Waals surface area contributed by atoms with E-state index in [9.17, 15) is 30.4 Å². The summed E-state index contributed by atoms with van der Waals surface area (Å²) < 4.78 is 91.2. The molecule has 160 valence electrons. The van der Waals surface area contributed by atoms with Gasteiger partial charge >= 0.3 is 6.18 Å². The van der Waals surface area contributed by atoms with Crippen molar-refractivity contribution in [2.45, 2.75) is 17.1 Å². The number of aromatic nitrogens is 2. The molecule has 30 heavy (non-hydrogen) atoms. The molecule has 0 saturated heterocycles. The smallest absolute Gasteiger partial charge is 0.337 e. The third-order valence-corrected chi connectivity index (χ3v) is 5.73. The largest absolute Gasteiger partial charge is 0.434 e. The Labute approximate surface area is 177 Å². The van der Waals surface area contributed by atoms with Gasteiger partial charge in [0.05, 0.1) is 16.0 Å². The topological polar surface area (TPSA) is 62.8 Å². The number of rotatable bonds is 4. The number of nitrogens with zero attached hydrogens (tertiary/aromatic N) is 1. The first-order valence-corrected chi connectivity index (χ1v) is 10.7. The Hall–Kier alpha value is -2.17. The minimum atomic E-state index is -5.05. The lowest BCUT2D eigenvalue weighted by atomic mass is 9.90. The number of benzene rings is 2. The molecular formula is C18H11Cl2F5N2O2S. The van der Waals surface area contributed by atoms with Gasteiger partial charge in [-0.1, -0.05) is 35.3 Å². The summed E-state index contributed by atoms with van der Waals surface area (Å²) in [7, 11) is -4.36. The summed E-state index contributed by atoms with van der Waals surface area (Å²) in [4.78, 5) is 5.67. The molecule has 2 aromatic carbocycles. The highest BCUT2D eigenvalue weighted by atomic mass is 35.5. The van der Waals surface area contributed by atoms with E-state index >= 15 is 0 Å². The van der Waals surface area contributed by atoms with Crippen LogP contribution in [0.3, 0.4) is 0 Å². The van der Waals surface area contributed by atoms with Crippen LogP contribution in [0.2, 0.25) is 10.0 Å². The lowest BCUT2D eigenvalue weighted by molar-refractivity contribution is -0.143. The fourth-order valence-electron chi connectivity index (χ4n) is 2.86. The summed E-state index contributed by atoms with van der Waals surface area (Å²) in [5.41, 5.74) is -1.22. The van der Waals surface area contributed by atoms with Crippen LogP contribution in [0.5, 0.6) is 0 Å². The predicted molar refractivity (Wildman–Crippen MR) is 100 cm³/mol. The minimum Gasteiger partial charge on any atom is -0.337 e. The summed E-state index contributed by atoms with van der Waals surface area (Å²) >= 11 is 11.6. The van der Waals surface area contributed by atoms with Crippen molar-refractivity contribution >= 4 is 33.0 Å². The molecule has 3 aromatic rings. The van der Waals surface area contributed by atoms with E-state index in [1.807, 2.05) is 4.98 Å². The number of sulfone groups is 1. The summed E-state index contributed by atoms with van der Waals surface area (Å²) in [6, 6.07) is 6.74. The monoisotopic (exact) mass is 484 g/mol. The lowest BCUT2D eigenvalue weighted by Gasteiger charge is -2.17. The van der Waals surface area contributed by atoms with Crippen LogP contribution in [0, 0.1) is 11.6 Å². The van der Waals surface area contributed by atoms with E-state index in [-0.39, 0.29) is 21.2 Å². The van der Waals surface area contributed by atoms with Crippen LogP contribution in [-0.2, 0) is 16.0 Å². The van der Waals surface area contributed by atoms with E-state index in [1.165, 1.54) is 12.1 Å². The van der Waals surface area contributed by atoms with Crippen LogP contribution < -0.4 is 0 Å². The maximum atomic E-state index is 13.6. The molecule has 0 atom stereocenters. The Kier molecular flexibility index (Phi) is 5.87. The first-order chi connectivity index (χ1) is 13.8. The second-order valence-corrected chi connectivity index (χ2v) is 9.10. The molecule has 1 N–H and O–H groups in total. The third kappa shape index (κ3) is 4.45. The molecule has 0 aliphatic carbocycles. The zero-order chi connectivity index (χ0) is 22.4. The highest BCUT2D eigenvalue weighted by molar-refractivity contribution is 7.90. The standard InChI is InChI=1S/C18H11Cl2F5N2O2S/c1-30(28,29)17-15(18(23,24)25)26-16(27-17)14(8-2-4-12(21)10(19)6-8)9-3-5-13(22)11(20)7-9/h2-7,14H,1H3,(H,26,27). The lowest BCUT2D eigenvalue weighted by Crippen LogP contribution is -2.12. The summed E-state index contributed by atoms with van der Waals surface area (Å²) in [5, 5.41) is -1.84. The van der Waals surface area contributed by atoms with Gasteiger partial charge in [-0.05, 0) is 35.4 Å². The van der Waals surface area contributed by atoms with Gasteiger partial charge in [-0.25, -0.2) is 22.2 Å². The van der Waals surface area contributed by atoms with Gasteiger partial charge < -0.3 is 4.98 Å². The molecule has 0 bridgehead atoms. The number of halogens is 7. The van der Waals surface area contributed by atoms with Crippen molar-refractivity contribution in [3.05, 3.63) is 80.7 Å². The van der Waals surface area contributed by atoms with E-state index < -0.39 is 50.1 Å². The normalized spacial score (nSPS) is 12.6. The molecular weight excluding hydrogens is 474 g/mol. The molecule has 4 nitrogen and oxygen atoms in total. The summed E-state index contributed by atoms with van der Waals surface area (Å²) in [6.07, 6.45) is -4.46. The first kappa shape index (κ1) is 22.5. The number of imidazole rings is 1. The van der Waals surface area contributed by atoms with Crippen molar-refractivity contribution in [1.82, 2.24) is 9.97 Å². The molecule has 0 spiro atoms. The Morgan fingerprint density at radius 3 is 1.77 bits per heavy atom. The van der Waals surface area contributed by atoms with Gasteiger partial charge in [0, 0.05) is 6.26 Å². The van der Waals surface area contributed by atoms with Crippen LogP contribution in [0.25, 0.3) is 0 Å². The summed E-state index contributed by atoms with van der Waals surface area (Å²) in [5.74, 6) is -3.15. The van der Waals surface area contributed by atoms with E-state index in [2.05, 4.69) is 4.98 Å². The number of aromatic amines is 1. The maximum absolute atomic E-state index is 13.6.